The van der Waals surface area contributed by atoms with Crippen LogP contribution in [-0.2, 0) is 21.3 Å². The predicted molar refractivity (Wildman–Crippen MR) is 81.2 cm³/mol. The summed E-state index contributed by atoms with van der Waals surface area (Å²) in [6.45, 7) is 7.45. The van der Waals surface area contributed by atoms with Crippen molar-refractivity contribution in [2.45, 2.75) is 44.2 Å². The lowest BCUT2D eigenvalue weighted by Gasteiger charge is -2.22. The molecule has 0 fully saturated rings. The van der Waals surface area contributed by atoms with Crippen molar-refractivity contribution in [1.82, 2.24) is 5.32 Å². The molecule has 0 spiro atoms. The Balaban J connectivity index is 2.59. The molecule has 1 aromatic heterocycles. The van der Waals surface area contributed by atoms with E-state index in [0.29, 0.717) is 5.75 Å². The minimum absolute atomic E-state index is 0.157. The molecule has 0 aliphatic rings. The smallest absolute Gasteiger partial charge is 0.235 e. The fraction of sp³-hybridized carbons (Fsp3) is 0.583. The molecular formula is C12H18BrNO2S2. The zero-order valence-corrected chi connectivity index (χ0v) is 14.2. The summed E-state index contributed by atoms with van der Waals surface area (Å²) in [6.07, 6.45) is 0. The monoisotopic (exact) mass is 351 g/mol. The van der Waals surface area contributed by atoms with Crippen molar-refractivity contribution >= 4 is 44.0 Å². The molecule has 1 aromatic rings. The third kappa shape index (κ3) is 5.20. The minimum atomic E-state index is -1.19. The highest BCUT2D eigenvalue weighted by molar-refractivity contribution is 9.11. The van der Waals surface area contributed by atoms with Gasteiger partial charge in [-0.3, -0.25) is 9.00 Å². The maximum absolute atomic E-state index is 12.1. The van der Waals surface area contributed by atoms with E-state index >= 15 is 0 Å². The molecule has 1 N–H and O–H groups in total. The van der Waals surface area contributed by atoms with Crippen molar-refractivity contribution in [3.8, 4) is 0 Å². The Morgan fingerprint density at radius 2 is 2.17 bits per heavy atom. The Bertz CT molecular complexity index is 451. The average molecular weight is 352 g/mol. The minimum Gasteiger partial charge on any atom is -0.350 e. The second-order valence-electron chi connectivity index (χ2n) is 5.17. The Kier molecular flexibility index (Phi) is 5.55. The summed E-state index contributed by atoms with van der Waals surface area (Å²) in [5.74, 6) is 0.260. The number of carbonyl (C=O) groups is 1. The number of nitrogens with one attached hydrogen (secondary N) is 1. The van der Waals surface area contributed by atoms with E-state index in [1.54, 1.807) is 18.3 Å². The molecule has 0 bridgehead atoms. The third-order valence-corrected chi connectivity index (χ3v) is 5.37. The number of rotatable bonds is 4. The van der Waals surface area contributed by atoms with Crippen LogP contribution in [-0.4, -0.2) is 20.9 Å². The molecule has 1 rings (SSSR count). The summed E-state index contributed by atoms with van der Waals surface area (Å²) >= 11 is 4.93. The van der Waals surface area contributed by atoms with Crippen LogP contribution in [0.1, 0.15) is 33.3 Å². The van der Waals surface area contributed by atoms with Crippen molar-refractivity contribution in [3.05, 3.63) is 20.8 Å². The molecule has 6 heteroatoms. The van der Waals surface area contributed by atoms with Gasteiger partial charge in [-0.05, 0) is 60.6 Å². The van der Waals surface area contributed by atoms with Gasteiger partial charge in [-0.1, -0.05) is 0 Å². The number of amides is 1. The van der Waals surface area contributed by atoms with Gasteiger partial charge in [0.1, 0.15) is 5.25 Å². The molecule has 0 aliphatic carbocycles. The molecule has 1 heterocycles. The van der Waals surface area contributed by atoms with Crippen LogP contribution in [0.25, 0.3) is 0 Å². The largest absolute Gasteiger partial charge is 0.350 e. The summed E-state index contributed by atoms with van der Waals surface area (Å²) < 4.78 is 13.1. The fourth-order valence-electron chi connectivity index (χ4n) is 1.30. The van der Waals surface area contributed by atoms with E-state index in [9.17, 15) is 9.00 Å². The van der Waals surface area contributed by atoms with Crippen LogP contribution in [0.2, 0.25) is 0 Å². The van der Waals surface area contributed by atoms with Crippen LogP contribution in [0.15, 0.2) is 15.2 Å². The maximum atomic E-state index is 12.1. The third-order valence-electron chi connectivity index (χ3n) is 2.19. The zero-order valence-electron chi connectivity index (χ0n) is 11.0. The Labute approximate surface area is 123 Å². The first-order chi connectivity index (χ1) is 8.19. The topological polar surface area (TPSA) is 46.2 Å². The molecule has 0 unspecified atom stereocenters. The highest BCUT2D eigenvalue weighted by Gasteiger charge is 2.24. The van der Waals surface area contributed by atoms with E-state index in [1.807, 2.05) is 32.2 Å². The van der Waals surface area contributed by atoms with Crippen molar-refractivity contribution in [2.75, 3.05) is 0 Å². The lowest BCUT2D eigenvalue weighted by atomic mass is 10.1. The Hall–Kier alpha value is -0.200. The van der Waals surface area contributed by atoms with Gasteiger partial charge >= 0.3 is 0 Å². The van der Waals surface area contributed by atoms with Crippen LogP contribution in [0, 0.1) is 0 Å². The number of hydrogen-bond donors (Lipinski definition) is 1. The molecule has 0 saturated heterocycles. The quantitative estimate of drug-likeness (QED) is 0.905. The van der Waals surface area contributed by atoms with Gasteiger partial charge in [-0.2, -0.15) is 0 Å². The number of hydrogen-bond acceptors (Lipinski definition) is 3. The first kappa shape index (κ1) is 15.9. The molecule has 18 heavy (non-hydrogen) atoms. The summed E-state index contributed by atoms with van der Waals surface area (Å²) in [5.41, 5.74) is 0.710. The van der Waals surface area contributed by atoms with Gasteiger partial charge < -0.3 is 5.32 Å². The maximum Gasteiger partial charge on any atom is 0.235 e. The number of carbonyl (C=O) groups excluding carboxylic acids is 1. The second-order valence-corrected chi connectivity index (χ2v) is 9.21. The van der Waals surface area contributed by atoms with Crippen molar-refractivity contribution in [3.63, 3.8) is 0 Å². The van der Waals surface area contributed by atoms with Gasteiger partial charge in [-0.25, -0.2) is 0 Å². The van der Waals surface area contributed by atoms with Gasteiger partial charge in [0.05, 0.1) is 9.54 Å². The molecule has 102 valence electrons. The lowest BCUT2D eigenvalue weighted by Crippen LogP contribution is -2.46. The zero-order chi connectivity index (χ0) is 13.9. The van der Waals surface area contributed by atoms with Crippen LogP contribution in [0.5, 0.6) is 0 Å². The summed E-state index contributed by atoms with van der Waals surface area (Å²) in [5, 5.41) is 4.31. The average Bonchev–Trinajstić information content (AvgIpc) is 2.60. The standard InChI is InChI=1S/C12H18BrNO2S2/c1-8(11(15)14-12(2,3)4)18(16)7-9-5-10(13)17-6-9/h5-6,8H,7H2,1-4H3,(H,14,15)/t8-,18-/m1/s1. The molecule has 0 saturated carbocycles. The highest BCUT2D eigenvalue weighted by atomic mass is 79.9. The van der Waals surface area contributed by atoms with Crippen LogP contribution >= 0.6 is 27.3 Å². The van der Waals surface area contributed by atoms with Crippen LogP contribution in [0.4, 0.5) is 0 Å². The van der Waals surface area contributed by atoms with Crippen LogP contribution < -0.4 is 5.32 Å². The molecule has 1 amide bonds. The fourth-order valence-corrected chi connectivity index (χ4v) is 3.66. The van der Waals surface area contributed by atoms with E-state index in [0.717, 1.165) is 9.35 Å². The summed E-state index contributed by atoms with van der Waals surface area (Å²) in [4.78, 5) is 11.9. The number of thiophene rings is 1. The second kappa shape index (κ2) is 6.30. The molecule has 3 nitrogen and oxygen atoms in total. The first-order valence-corrected chi connectivity index (χ1v) is 8.66. The van der Waals surface area contributed by atoms with E-state index in [4.69, 9.17) is 0 Å². The summed E-state index contributed by atoms with van der Waals surface area (Å²) in [7, 11) is -1.19. The Morgan fingerprint density at radius 1 is 1.56 bits per heavy atom. The van der Waals surface area contributed by atoms with E-state index in [-0.39, 0.29) is 11.4 Å². The van der Waals surface area contributed by atoms with Gasteiger partial charge in [-0.15, -0.1) is 11.3 Å². The van der Waals surface area contributed by atoms with E-state index in [2.05, 4.69) is 21.2 Å². The number of halogens is 1. The summed E-state index contributed by atoms with van der Waals surface area (Å²) in [6, 6.07) is 1.94. The van der Waals surface area contributed by atoms with Gasteiger partial charge in [0.15, 0.2) is 0 Å². The van der Waals surface area contributed by atoms with Crippen molar-refractivity contribution in [2.24, 2.45) is 0 Å². The molecular weight excluding hydrogens is 334 g/mol. The molecule has 0 aromatic carbocycles. The van der Waals surface area contributed by atoms with Crippen molar-refractivity contribution in [1.29, 1.82) is 0 Å². The van der Waals surface area contributed by atoms with Crippen molar-refractivity contribution < 1.29 is 9.00 Å². The van der Waals surface area contributed by atoms with Gasteiger partial charge in [0.25, 0.3) is 0 Å². The molecule has 0 radical (unpaired) electrons. The normalized spacial score (nSPS) is 15.2. The predicted octanol–water partition coefficient (Wildman–Crippen LogP) is 3.06. The SMILES string of the molecule is C[C@H](C(=O)NC(C)(C)C)[S@](=O)Cc1csc(Br)c1. The van der Waals surface area contributed by atoms with E-state index < -0.39 is 16.0 Å². The lowest BCUT2D eigenvalue weighted by molar-refractivity contribution is -0.121. The Morgan fingerprint density at radius 3 is 2.61 bits per heavy atom. The van der Waals surface area contributed by atoms with Crippen LogP contribution in [0.3, 0.4) is 0 Å². The van der Waals surface area contributed by atoms with Gasteiger partial charge in [0, 0.05) is 16.3 Å². The first-order valence-electron chi connectivity index (χ1n) is 5.61. The van der Waals surface area contributed by atoms with Gasteiger partial charge in [0.2, 0.25) is 5.91 Å². The molecule has 0 aliphatic heterocycles. The highest BCUT2D eigenvalue weighted by Crippen LogP contribution is 2.22. The molecule has 2 atom stereocenters. The van der Waals surface area contributed by atoms with E-state index in [1.165, 1.54) is 0 Å².